The molecule has 1 aliphatic carbocycles. The highest BCUT2D eigenvalue weighted by Crippen LogP contribution is 2.32. The lowest BCUT2D eigenvalue weighted by Crippen LogP contribution is -2.39. The molecular formula is C22H23ClN2O. The fourth-order valence-corrected chi connectivity index (χ4v) is 4.12. The van der Waals surface area contributed by atoms with Crippen LogP contribution in [0.15, 0.2) is 54.7 Å². The van der Waals surface area contributed by atoms with E-state index in [1.54, 1.807) is 0 Å². The summed E-state index contributed by atoms with van der Waals surface area (Å²) in [6.07, 6.45) is 7.78. The van der Waals surface area contributed by atoms with Gasteiger partial charge in [-0.3, -0.25) is 4.79 Å². The normalized spacial score (nSPS) is 16.5. The predicted molar refractivity (Wildman–Crippen MR) is 107 cm³/mol. The Morgan fingerprint density at radius 1 is 1.04 bits per heavy atom. The van der Waals surface area contributed by atoms with Gasteiger partial charge in [0.15, 0.2) is 0 Å². The summed E-state index contributed by atoms with van der Waals surface area (Å²) in [5.74, 6) is -0.269. The number of rotatable bonds is 4. The number of aromatic amines is 1. The first-order chi connectivity index (χ1) is 12.7. The van der Waals surface area contributed by atoms with E-state index < -0.39 is 0 Å². The van der Waals surface area contributed by atoms with Crippen LogP contribution >= 0.6 is 11.6 Å². The molecule has 2 N–H and O–H groups in total. The number of para-hydroxylation sites is 1. The molecule has 0 bridgehead atoms. The van der Waals surface area contributed by atoms with Crippen LogP contribution in [-0.4, -0.2) is 16.9 Å². The third kappa shape index (κ3) is 3.49. The number of nitrogens with one attached hydrogen (secondary N) is 2. The van der Waals surface area contributed by atoms with Crippen LogP contribution in [0.4, 0.5) is 0 Å². The van der Waals surface area contributed by atoms with Gasteiger partial charge in [-0.25, -0.2) is 0 Å². The second-order valence-corrected chi connectivity index (χ2v) is 7.55. The van der Waals surface area contributed by atoms with Gasteiger partial charge in [0.1, 0.15) is 0 Å². The molecule has 0 radical (unpaired) electrons. The van der Waals surface area contributed by atoms with Crippen LogP contribution in [0, 0.1) is 0 Å². The number of halogens is 1. The van der Waals surface area contributed by atoms with E-state index in [0.29, 0.717) is 5.02 Å². The summed E-state index contributed by atoms with van der Waals surface area (Å²) < 4.78 is 0. The summed E-state index contributed by atoms with van der Waals surface area (Å²) in [6, 6.07) is 16.0. The lowest BCUT2D eigenvalue weighted by atomic mass is 9.88. The zero-order chi connectivity index (χ0) is 17.9. The molecule has 4 heteroatoms. The van der Waals surface area contributed by atoms with Gasteiger partial charge >= 0.3 is 0 Å². The summed E-state index contributed by atoms with van der Waals surface area (Å²) in [7, 11) is 0. The number of carbonyl (C=O) groups excluding carboxylic acids is 1. The summed E-state index contributed by atoms with van der Waals surface area (Å²) in [5.41, 5.74) is 3.02. The Hall–Kier alpha value is -2.26. The predicted octanol–water partition coefficient (Wildman–Crippen LogP) is 5.40. The van der Waals surface area contributed by atoms with E-state index in [9.17, 15) is 4.79 Å². The van der Waals surface area contributed by atoms with E-state index in [1.165, 1.54) is 19.3 Å². The molecule has 1 aromatic heterocycles. The summed E-state index contributed by atoms with van der Waals surface area (Å²) in [5, 5.41) is 5.07. The van der Waals surface area contributed by atoms with Crippen molar-refractivity contribution in [3.05, 3.63) is 70.9 Å². The maximum atomic E-state index is 13.3. The van der Waals surface area contributed by atoms with Gasteiger partial charge in [0.25, 0.3) is 0 Å². The molecule has 1 unspecified atom stereocenters. The van der Waals surface area contributed by atoms with Crippen LogP contribution < -0.4 is 5.32 Å². The highest BCUT2D eigenvalue weighted by atomic mass is 35.5. The second kappa shape index (κ2) is 7.55. The molecule has 1 fully saturated rings. The molecule has 1 heterocycles. The lowest BCUT2D eigenvalue weighted by molar-refractivity contribution is -0.122. The smallest absolute Gasteiger partial charge is 0.232 e. The standard InChI is InChI=1S/C22H23ClN2O/c23-16-12-10-15(11-13-16)21(22(26)25-17-6-2-1-3-7-17)19-14-24-20-9-5-4-8-18(19)20/h4-5,8-14,17,21,24H,1-3,6-7H2,(H,25,26). The van der Waals surface area contributed by atoms with Crippen molar-refractivity contribution in [2.45, 2.75) is 44.1 Å². The first-order valence-corrected chi connectivity index (χ1v) is 9.72. The van der Waals surface area contributed by atoms with Gasteiger partial charge < -0.3 is 10.3 Å². The largest absolute Gasteiger partial charge is 0.361 e. The quantitative estimate of drug-likeness (QED) is 0.637. The Balaban J connectivity index is 1.71. The fraction of sp³-hybridized carbons (Fsp3) is 0.318. The maximum Gasteiger partial charge on any atom is 0.232 e. The summed E-state index contributed by atoms with van der Waals surface area (Å²) >= 11 is 6.06. The van der Waals surface area contributed by atoms with Crippen LogP contribution in [0.1, 0.15) is 49.1 Å². The van der Waals surface area contributed by atoms with Gasteiger partial charge in [0, 0.05) is 28.2 Å². The molecule has 26 heavy (non-hydrogen) atoms. The van der Waals surface area contributed by atoms with Crippen LogP contribution in [0.2, 0.25) is 5.02 Å². The van der Waals surface area contributed by atoms with Crippen molar-refractivity contribution in [1.29, 1.82) is 0 Å². The van der Waals surface area contributed by atoms with Gasteiger partial charge in [-0.2, -0.15) is 0 Å². The summed E-state index contributed by atoms with van der Waals surface area (Å²) in [6.45, 7) is 0. The minimum Gasteiger partial charge on any atom is -0.361 e. The van der Waals surface area contributed by atoms with Gasteiger partial charge in [-0.15, -0.1) is 0 Å². The van der Waals surface area contributed by atoms with E-state index in [4.69, 9.17) is 11.6 Å². The molecule has 0 saturated heterocycles. The fourth-order valence-electron chi connectivity index (χ4n) is 3.99. The number of hydrogen-bond donors (Lipinski definition) is 2. The van der Waals surface area contributed by atoms with Crippen molar-refractivity contribution in [2.24, 2.45) is 0 Å². The molecule has 3 aromatic rings. The highest BCUT2D eigenvalue weighted by Gasteiger charge is 2.27. The van der Waals surface area contributed by atoms with Crippen molar-refractivity contribution < 1.29 is 4.79 Å². The third-order valence-electron chi connectivity index (χ3n) is 5.35. The second-order valence-electron chi connectivity index (χ2n) is 7.12. The molecule has 134 valence electrons. The molecule has 0 aliphatic heterocycles. The van der Waals surface area contributed by atoms with E-state index in [-0.39, 0.29) is 17.9 Å². The number of fused-ring (bicyclic) bond motifs is 1. The molecule has 4 rings (SSSR count). The van der Waals surface area contributed by atoms with Crippen molar-refractivity contribution in [3.63, 3.8) is 0 Å². The topological polar surface area (TPSA) is 44.9 Å². The molecule has 1 aliphatic rings. The lowest BCUT2D eigenvalue weighted by Gasteiger charge is -2.26. The number of H-pyrrole nitrogens is 1. The zero-order valence-electron chi connectivity index (χ0n) is 14.7. The Kier molecular flexibility index (Phi) is 4.98. The van der Waals surface area contributed by atoms with Crippen molar-refractivity contribution in [1.82, 2.24) is 10.3 Å². The van der Waals surface area contributed by atoms with Crippen molar-refractivity contribution in [3.8, 4) is 0 Å². The number of amides is 1. The molecule has 3 nitrogen and oxygen atoms in total. The Morgan fingerprint density at radius 2 is 1.77 bits per heavy atom. The Labute approximate surface area is 158 Å². The highest BCUT2D eigenvalue weighted by molar-refractivity contribution is 6.30. The van der Waals surface area contributed by atoms with Crippen LogP contribution in [0.5, 0.6) is 0 Å². The van der Waals surface area contributed by atoms with E-state index >= 15 is 0 Å². The van der Waals surface area contributed by atoms with Crippen LogP contribution in [0.25, 0.3) is 10.9 Å². The minimum absolute atomic E-state index is 0.0731. The number of aromatic nitrogens is 1. The number of hydrogen-bond acceptors (Lipinski definition) is 1. The van der Waals surface area contributed by atoms with Gasteiger partial charge in [-0.1, -0.05) is 61.2 Å². The first kappa shape index (κ1) is 17.2. The monoisotopic (exact) mass is 366 g/mol. The maximum absolute atomic E-state index is 13.3. The average molecular weight is 367 g/mol. The van der Waals surface area contributed by atoms with Crippen molar-refractivity contribution in [2.75, 3.05) is 0 Å². The van der Waals surface area contributed by atoms with Gasteiger partial charge in [0.05, 0.1) is 5.92 Å². The third-order valence-corrected chi connectivity index (χ3v) is 5.60. The molecule has 1 saturated carbocycles. The number of benzene rings is 2. The molecule has 2 aromatic carbocycles. The average Bonchev–Trinajstić information content (AvgIpc) is 3.08. The van der Waals surface area contributed by atoms with Gasteiger partial charge in [-0.05, 0) is 42.2 Å². The molecule has 1 atom stereocenters. The van der Waals surface area contributed by atoms with E-state index in [1.807, 2.05) is 48.7 Å². The molecule has 0 spiro atoms. The Morgan fingerprint density at radius 3 is 2.54 bits per heavy atom. The van der Waals surface area contributed by atoms with E-state index in [2.05, 4.69) is 16.4 Å². The number of carbonyl (C=O) groups is 1. The van der Waals surface area contributed by atoms with Crippen LogP contribution in [-0.2, 0) is 4.79 Å². The molecular weight excluding hydrogens is 344 g/mol. The molecule has 1 amide bonds. The Bertz CT molecular complexity index is 894. The van der Waals surface area contributed by atoms with Gasteiger partial charge in [0.2, 0.25) is 5.91 Å². The van der Waals surface area contributed by atoms with Crippen molar-refractivity contribution >= 4 is 28.4 Å². The first-order valence-electron chi connectivity index (χ1n) is 9.34. The zero-order valence-corrected chi connectivity index (χ0v) is 15.4. The SMILES string of the molecule is O=C(NC1CCCCC1)C(c1ccc(Cl)cc1)c1c[nH]c2ccccc12. The van der Waals surface area contributed by atoms with Crippen LogP contribution in [0.3, 0.4) is 0 Å². The van der Waals surface area contributed by atoms with E-state index in [0.717, 1.165) is 34.9 Å². The minimum atomic E-state index is -0.342. The summed E-state index contributed by atoms with van der Waals surface area (Å²) in [4.78, 5) is 16.6.